The van der Waals surface area contributed by atoms with Crippen molar-refractivity contribution >= 4 is 22.6 Å². The van der Waals surface area contributed by atoms with E-state index in [1.807, 2.05) is 0 Å². The molecule has 0 unspecified atom stereocenters. The quantitative estimate of drug-likeness (QED) is 0.789. The number of hydrogen-bond donors (Lipinski definition) is 1. The van der Waals surface area contributed by atoms with E-state index in [1.54, 1.807) is 0 Å². The molecule has 31 heavy (non-hydrogen) atoms. The third-order valence-corrected chi connectivity index (χ3v) is 7.92. The molecule has 0 aromatic carbocycles. The minimum atomic E-state index is -0.616. The number of nitrogens with one attached hydrogen (secondary N) is 1. The van der Waals surface area contributed by atoms with Gasteiger partial charge in [0, 0.05) is 31.9 Å². The fourth-order valence-corrected chi connectivity index (χ4v) is 7.01. The molecular formula is C23H24N4O4. The van der Waals surface area contributed by atoms with Gasteiger partial charge in [0.15, 0.2) is 5.78 Å². The molecule has 8 nitrogen and oxygen atoms in total. The van der Waals surface area contributed by atoms with Gasteiger partial charge in [-0.3, -0.25) is 23.5 Å². The number of aromatic nitrogens is 3. The van der Waals surface area contributed by atoms with Crippen molar-refractivity contribution < 1.29 is 9.59 Å². The lowest BCUT2D eigenvalue weighted by atomic mass is 9.53. The zero-order valence-corrected chi connectivity index (χ0v) is 17.6. The lowest BCUT2D eigenvalue weighted by molar-refractivity contribution is -0.0147. The first-order valence-electron chi connectivity index (χ1n) is 10.9. The molecule has 0 aliphatic heterocycles. The van der Waals surface area contributed by atoms with Crippen LogP contribution in [0.2, 0.25) is 0 Å². The fourth-order valence-electron chi connectivity index (χ4n) is 7.01. The number of hydrogen-bond acceptors (Lipinski definition) is 6. The van der Waals surface area contributed by atoms with Crippen molar-refractivity contribution in [1.82, 2.24) is 19.4 Å². The van der Waals surface area contributed by atoms with Crippen LogP contribution in [0.4, 0.5) is 0 Å². The molecule has 0 radical (unpaired) electrons. The minimum Gasteiger partial charge on any atom is -0.376 e. The Balaban J connectivity index is 1.45. The van der Waals surface area contributed by atoms with Gasteiger partial charge in [-0.05, 0) is 56.3 Å². The highest BCUT2D eigenvalue weighted by atomic mass is 16.2. The van der Waals surface area contributed by atoms with Crippen molar-refractivity contribution in [3.63, 3.8) is 0 Å². The third-order valence-electron chi connectivity index (χ3n) is 7.92. The molecule has 0 atom stereocenters. The van der Waals surface area contributed by atoms with Crippen molar-refractivity contribution in [2.24, 2.45) is 31.8 Å². The number of allylic oxidation sites excluding steroid dienone is 2. The van der Waals surface area contributed by atoms with E-state index in [0.717, 1.165) is 23.8 Å². The molecule has 0 saturated heterocycles. The first-order valence-corrected chi connectivity index (χ1v) is 10.9. The van der Waals surface area contributed by atoms with Gasteiger partial charge in [0.1, 0.15) is 5.65 Å². The lowest BCUT2D eigenvalue weighted by Crippen LogP contribution is -2.58. The normalized spacial score (nSPS) is 31.2. The number of aryl methyl sites for hydroxylation is 1. The van der Waals surface area contributed by atoms with E-state index in [-0.39, 0.29) is 33.5 Å². The first-order chi connectivity index (χ1) is 14.8. The van der Waals surface area contributed by atoms with Crippen LogP contribution in [-0.4, -0.2) is 31.2 Å². The zero-order valence-electron chi connectivity index (χ0n) is 17.6. The molecule has 4 saturated carbocycles. The molecule has 7 rings (SSSR count). The summed E-state index contributed by atoms with van der Waals surface area (Å²) in [5.74, 6) is 1.41. The van der Waals surface area contributed by atoms with Crippen LogP contribution < -0.4 is 16.6 Å². The molecule has 2 aromatic rings. The Morgan fingerprint density at radius 3 is 2.19 bits per heavy atom. The average molecular weight is 420 g/mol. The van der Waals surface area contributed by atoms with Crippen LogP contribution in [0.3, 0.4) is 0 Å². The van der Waals surface area contributed by atoms with E-state index >= 15 is 0 Å². The van der Waals surface area contributed by atoms with E-state index in [9.17, 15) is 19.2 Å². The molecule has 0 spiro atoms. The van der Waals surface area contributed by atoms with Gasteiger partial charge in [-0.1, -0.05) is 0 Å². The number of nitrogens with zero attached hydrogens (tertiary/aromatic N) is 3. The van der Waals surface area contributed by atoms with E-state index in [4.69, 9.17) is 0 Å². The van der Waals surface area contributed by atoms with Gasteiger partial charge >= 0.3 is 5.69 Å². The van der Waals surface area contributed by atoms with Crippen LogP contribution in [0.25, 0.3) is 11.0 Å². The van der Waals surface area contributed by atoms with Crippen LogP contribution in [0.1, 0.15) is 59.2 Å². The van der Waals surface area contributed by atoms with E-state index in [1.165, 1.54) is 50.2 Å². The Morgan fingerprint density at radius 1 is 0.968 bits per heavy atom. The van der Waals surface area contributed by atoms with Gasteiger partial charge in [-0.25, -0.2) is 9.78 Å². The zero-order chi connectivity index (χ0) is 21.7. The molecule has 5 aliphatic carbocycles. The van der Waals surface area contributed by atoms with Gasteiger partial charge in [0.05, 0.1) is 22.2 Å². The first kappa shape index (κ1) is 18.7. The Bertz CT molecular complexity index is 1310. The van der Waals surface area contributed by atoms with Gasteiger partial charge in [0.25, 0.3) is 5.56 Å². The summed E-state index contributed by atoms with van der Waals surface area (Å²) in [5, 5.41) is 3.52. The highest BCUT2D eigenvalue weighted by molar-refractivity contribution is 6.27. The second-order valence-corrected chi connectivity index (χ2v) is 10.0. The Morgan fingerprint density at radius 2 is 1.58 bits per heavy atom. The monoisotopic (exact) mass is 420 g/mol. The summed E-state index contributed by atoms with van der Waals surface area (Å²) in [5.41, 5.74) is -0.668. The van der Waals surface area contributed by atoms with Crippen molar-refractivity contribution in [2.45, 2.75) is 44.1 Å². The molecule has 2 heterocycles. The highest BCUT2D eigenvalue weighted by Crippen LogP contribution is 2.56. The molecular weight excluding hydrogens is 396 g/mol. The van der Waals surface area contributed by atoms with Crippen LogP contribution in [0.5, 0.6) is 0 Å². The van der Waals surface area contributed by atoms with Crippen molar-refractivity contribution in [3.05, 3.63) is 49.9 Å². The summed E-state index contributed by atoms with van der Waals surface area (Å²) < 4.78 is 2.16. The smallest absolute Gasteiger partial charge is 0.332 e. The van der Waals surface area contributed by atoms with Gasteiger partial charge in [-0.15, -0.1) is 0 Å². The van der Waals surface area contributed by atoms with Gasteiger partial charge in [-0.2, -0.15) is 0 Å². The number of pyridine rings is 1. The van der Waals surface area contributed by atoms with E-state index < -0.39 is 17.0 Å². The maximum Gasteiger partial charge on any atom is 0.332 e. The van der Waals surface area contributed by atoms with Crippen molar-refractivity contribution in [2.75, 3.05) is 0 Å². The Hall–Kier alpha value is -3.03. The molecule has 0 amide bonds. The second-order valence-electron chi connectivity index (χ2n) is 10.0. The lowest BCUT2D eigenvalue weighted by Gasteiger charge is -2.57. The van der Waals surface area contributed by atoms with E-state index in [2.05, 4.69) is 10.3 Å². The Kier molecular flexibility index (Phi) is 3.63. The van der Waals surface area contributed by atoms with Crippen LogP contribution in [0.15, 0.2) is 27.6 Å². The SMILES string of the molecule is Cn1c(=O)c2c3c(cnc2n(C)c1=O)C(=O)C(NC12CC4CC(CC(C4)C1)C2)=CC3=O. The summed E-state index contributed by atoms with van der Waals surface area (Å²) in [7, 11) is 2.85. The summed E-state index contributed by atoms with van der Waals surface area (Å²) in [6.45, 7) is 0. The molecule has 2 aromatic heterocycles. The maximum atomic E-state index is 13.4. The Labute approximate surface area is 178 Å². The third kappa shape index (κ3) is 2.50. The van der Waals surface area contributed by atoms with Crippen LogP contribution >= 0.6 is 0 Å². The molecule has 5 aliphatic rings. The fraction of sp³-hybridized carbons (Fsp3) is 0.522. The summed E-state index contributed by atoms with van der Waals surface area (Å²) in [6, 6.07) is 0. The van der Waals surface area contributed by atoms with Gasteiger partial charge in [0.2, 0.25) is 5.78 Å². The topological polar surface area (TPSA) is 103 Å². The number of fused-ring (bicyclic) bond motifs is 3. The number of Topliss-reactive ketones (excluding diaryl/α,β-unsaturated/α-hetero) is 1. The predicted octanol–water partition coefficient (Wildman–Crippen LogP) is 1.45. The summed E-state index contributed by atoms with van der Waals surface area (Å²) >= 11 is 0. The standard InChI is InChI=1S/C23H24N4O4/c1-26-20-18(21(30)27(2)22(26)31)17-14(10-24-20)19(29)15(6-16(17)28)25-23-7-11-3-12(8-23)5-13(4-11)9-23/h6,10-13,25H,3-5,7-9H2,1-2H3. The van der Waals surface area contributed by atoms with Gasteiger partial charge < -0.3 is 5.32 Å². The highest BCUT2D eigenvalue weighted by Gasteiger charge is 2.51. The molecule has 8 heteroatoms. The minimum absolute atomic E-state index is 0.0190. The van der Waals surface area contributed by atoms with E-state index in [0.29, 0.717) is 23.5 Å². The van der Waals surface area contributed by atoms with Crippen molar-refractivity contribution in [3.8, 4) is 0 Å². The average Bonchev–Trinajstić information content (AvgIpc) is 2.72. The van der Waals surface area contributed by atoms with Crippen LogP contribution in [0, 0.1) is 17.8 Å². The summed E-state index contributed by atoms with van der Waals surface area (Å²) in [4.78, 5) is 55.8. The number of carbonyl (C=O) groups is 2. The maximum absolute atomic E-state index is 13.4. The second kappa shape index (κ2) is 6.02. The van der Waals surface area contributed by atoms with Crippen molar-refractivity contribution in [1.29, 1.82) is 0 Å². The molecule has 4 fully saturated rings. The number of carbonyl (C=O) groups excluding carboxylic acids is 2. The summed E-state index contributed by atoms with van der Waals surface area (Å²) in [6.07, 6.45) is 9.66. The number of rotatable bonds is 2. The number of ketones is 2. The predicted molar refractivity (Wildman–Crippen MR) is 113 cm³/mol. The molecule has 1 N–H and O–H groups in total. The van der Waals surface area contributed by atoms with Crippen LogP contribution in [-0.2, 0) is 14.1 Å². The largest absolute Gasteiger partial charge is 0.376 e. The molecule has 4 bridgehead atoms. The molecule has 160 valence electrons.